The summed E-state index contributed by atoms with van der Waals surface area (Å²) >= 11 is 12.3. The molecule has 0 amide bonds. The van der Waals surface area contributed by atoms with Crippen LogP contribution in [0, 0.1) is 5.82 Å². The average Bonchev–Trinajstić information content (AvgIpc) is 3.23. The van der Waals surface area contributed by atoms with Gasteiger partial charge in [0.15, 0.2) is 11.6 Å². The minimum absolute atomic E-state index is 0.0799. The van der Waals surface area contributed by atoms with Crippen LogP contribution in [0.1, 0.15) is 37.5 Å². The summed E-state index contributed by atoms with van der Waals surface area (Å²) in [6.07, 6.45) is 4.94. The van der Waals surface area contributed by atoms with Gasteiger partial charge >= 0.3 is 0 Å². The topological polar surface area (TPSA) is 82.1 Å². The van der Waals surface area contributed by atoms with Crippen molar-refractivity contribution in [3.63, 3.8) is 0 Å². The third kappa shape index (κ3) is 4.61. The first-order valence-electron chi connectivity index (χ1n) is 9.99. The van der Waals surface area contributed by atoms with Gasteiger partial charge < -0.3 is 15.4 Å². The fourth-order valence-electron chi connectivity index (χ4n) is 3.70. The molecule has 1 aliphatic rings. The molecule has 0 radical (unpaired) electrons. The van der Waals surface area contributed by atoms with Gasteiger partial charge in [-0.3, -0.25) is 0 Å². The predicted molar refractivity (Wildman–Crippen MR) is 119 cm³/mol. The largest absolute Gasteiger partial charge is 0.482 e. The number of aromatic nitrogens is 4. The normalized spacial score (nSPS) is 16.4. The molecule has 2 N–H and O–H groups in total. The second-order valence-electron chi connectivity index (χ2n) is 7.74. The maximum Gasteiger partial charge on any atom is 0.166 e. The van der Waals surface area contributed by atoms with E-state index in [0.717, 1.165) is 25.9 Å². The molecule has 3 heterocycles. The summed E-state index contributed by atoms with van der Waals surface area (Å²) in [6, 6.07) is 4.72. The summed E-state index contributed by atoms with van der Waals surface area (Å²) in [5.41, 5.74) is 7.75. The number of anilines is 1. The Hall–Kier alpha value is -2.42. The van der Waals surface area contributed by atoms with E-state index >= 15 is 0 Å². The Morgan fingerprint density at radius 3 is 2.74 bits per heavy atom. The Kier molecular flexibility index (Phi) is 6.31. The van der Waals surface area contributed by atoms with Gasteiger partial charge in [0.1, 0.15) is 17.6 Å². The van der Waals surface area contributed by atoms with Crippen molar-refractivity contribution in [2.24, 2.45) is 0 Å². The van der Waals surface area contributed by atoms with Crippen LogP contribution in [-0.2, 0) is 0 Å². The van der Waals surface area contributed by atoms with Crippen LogP contribution in [0.2, 0.25) is 10.0 Å². The Morgan fingerprint density at radius 2 is 2.00 bits per heavy atom. The molecule has 31 heavy (non-hydrogen) atoms. The lowest BCUT2D eigenvalue weighted by molar-refractivity contribution is 0.210. The van der Waals surface area contributed by atoms with Crippen LogP contribution in [0.25, 0.3) is 11.3 Å². The Bertz CT molecular complexity index is 1080. The van der Waals surface area contributed by atoms with Crippen LogP contribution >= 0.6 is 23.2 Å². The molecule has 0 bridgehead atoms. The molecule has 0 spiro atoms. The van der Waals surface area contributed by atoms with Crippen LogP contribution in [0.5, 0.6) is 5.75 Å². The minimum Gasteiger partial charge on any atom is -0.482 e. The van der Waals surface area contributed by atoms with Crippen molar-refractivity contribution in [2.45, 2.75) is 31.9 Å². The van der Waals surface area contributed by atoms with Gasteiger partial charge in [-0.2, -0.15) is 0 Å². The van der Waals surface area contributed by atoms with Crippen molar-refractivity contribution in [2.75, 3.05) is 25.9 Å². The number of hydrogen-bond donors (Lipinski definition) is 1. The van der Waals surface area contributed by atoms with Gasteiger partial charge in [-0.15, -0.1) is 5.10 Å². The van der Waals surface area contributed by atoms with E-state index in [9.17, 15) is 4.39 Å². The number of nitrogen functional groups attached to an aromatic ring is 1. The molecule has 2 aromatic heterocycles. The minimum atomic E-state index is -0.648. The number of pyridine rings is 1. The van der Waals surface area contributed by atoms with E-state index in [0.29, 0.717) is 33.6 Å². The second kappa shape index (κ2) is 8.98. The first-order valence-corrected chi connectivity index (χ1v) is 10.8. The molecule has 0 saturated carbocycles. The van der Waals surface area contributed by atoms with Crippen molar-refractivity contribution < 1.29 is 9.13 Å². The van der Waals surface area contributed by atoms with E-state index in [1.165, 1.54) is 12.1 Å². The van der Waals surface area contributed by atoms with E-state index < -0.39 is 11.9 Å². The van der Waals surface area contributed by atoms with Gasteiger partial charge in [0.05, 0.1) is 17.3 Å². The number of nitrogens with zero attached hydrogens (tertiary/aromatic N) is 5. The van der Waals surface area contributed by atoms with Crippen LogP contribution in [0.3, 0.4) is 0 Å². The molecule has 3 aromatic rings. The summed E-state index contributed by atoms with van der Waals surface area (Å²) in [6.45, 7) is 3.78. The maximum atomic E-state index is 13.9. The zero-order valence-corrected chi connectivity index (χ0v) is 18.7. The fourth-order valence-corrected chi connectivity index (χ4v) is 4.38. The van der Waals surface area contributed by atoms with Gasteiger partial charge in [0.25, 0.3) is 0 Å². The molecule has 1 saturated heterocycles. The summed E-state index contributed by atoms with van der Waals surface area (Å²) in [5.74, 6) is -0.0425. The van der Waals surface area contributed by atoms with Gasteiger partial charge in [0.2, 0.25) is 0 Å². The van der Waals surface area contributed by atoms with Gasteiger partial charge in [-0.1, -0.05) is 28.4 Å². The number of halogens is 3. The highest BCUT2D eigenvalue weighted by molar-refractivity contribution is 6.36. The highest BCUT2D eigenvalue weighted by Gasteiger charge is 2.22. The lowest BCUT2D eigenvalue weighted by atomic mass is 10.1. The number of nitrogens with two attached hydrogens (primary N) is 1. The summed E-state index contributed by atoms with van der Waals surface area (Å²) in [7, 11) is 2.12. The molecular weight excluding hydrogens is 442 g/mol. The van der Waals surface area contributed by atoms with Crippen LogP contribution < -0.4 is 10.5 Å². The number of rotatable bonds is 5. The molecule has 7 nitrogen and oxygen atoms in total. The first kappa shape index (κ1) is 21.8. The maximum absolute atomic E-state index is 13.9. The molecule has 164 valence electrons. The molecule has 0 unspecified atom stereocenters. The van der Waals surface area contributed by atoms with Crippen molar-refractivity contribution in [3.05, 3.63) is 52.0 Å². The van der Waals surface area contributed by atoms with Gasteiger partial charge in [0, 0.05) is 22.3 Å². The molecule has 1 aliphatic heterocycles. The van der Waals surface area contributed by atoms with Crippen molar-refractivity contribution >= 4 is 29.0 Å². The molecule has 1 atom stereocenters. The number of ether oxygens (including phenoxy) is 1. The van der Waals surface area contributed by atoms with E-state index in [1.807, 2.05) is 10.9 Å². The van der Waals surface area contributed by atoms with Crippen LogP contribution in [0.15, 0.2) is 30.6 Å². The molecule has 4 rings (SSSR count). The molecule has 10 heteroatoms. The first-order chi connectivity index (χ1) is 14.8. The molecule has 1 aromatic carbocycles. The van der Waals surface area contributed by atoms with E-state index in [1.54, 1.807) is 19.2 Å². The monoisotopic (exact) mass is 464 g/mol. The summed E-state index contributed by atoms with van der Waals surface area (Å²) < 4.78 is 21.8. The number of likely N-dealkylation sites (tertiary alicyclic amines) is 1. The van der Waals surface area contributed by atoms with Crippen LogP contribution in [0.4, 0.5) is 10.2 Å². The van der Waals surface area contributed by atoms with E-state index in [-0.39, 0.29) is 10.8 Å². The van der Waals surface area contributed by atoms with Gasteiger partial charge in [-0.05, 0) is 58.1 Å². The summed E-state index contributed by atoms with van der Waals surface area (Å²) in [4.78, 5) is 6.53. The zero-order chi connectivity index (χ0) is 22.1. The molecular formula is C21H23Cl2FN6O. The average molecular weight is 465 g/mol. The SMILES string of the molecule is C[C@H](Oc1cc(-c2cn(C3CCN(C)CC3)nn2)cnc1N)c1c(Cl)ccc(F)c1Cl. The number of benzene rings is 1. The Labute approximate surface area is 189 Å². The Balaban J connectivity index is 1.56. The zero-order valence-electron chi connectivity index (χ0n) is 17.2. The quantitative estimate of drug-likeness (QED) is 0.547. The second-order valence-corrected chi connectivity index (χ2v) is 8.53. The van der Waals surface area contributed by atoms with E-state index in [4.69, 9.17) is 33.7 Å². The number of piperidine rings is 1. The highest BCUT2D eigenvalue weighted by atomic mass is 35.5. The third-order valence-electron chi connectivity index (χ3n) is 5.54. The van der Waals surface area contributed by atoms with Crippen molar-refractivity contribution in [1.29, 1.82) is 0 Å². The smallest absolute Gasteiger partial charge is 0.166 e. The van der Waals surface area contributed by atoms with Crippen LogP contribution in [-0.4, -0.2) is 45.0 Å². The predicted octanol–water partition coefficient (Wildman–Crippen LogP) is 4.77. The van der Waals surface area contributed by atoms with Gasteiger partial charge in [-0.25, -0.2) is 14.1 Å². The van der Waals surface area contributed by atoms with Crippen molar-refractivity contribution in [3.8, 4) is 17.0 Å². The lowest BCUT2D eigenvalue weighted by Gasteiger charge is -2.28. The third-order valence-corrected chi connectivity index (χ3v) is 6.25. The number of hydrogen-bond acceptors (Lipinski definition) is 6. The fraction of sp³-hybridized carbons (Fsp3) is 0.381. The van der Waals surface area contributed by atoms with Crippen molar-refractivity contribution in [1.82, 2.24) is 24.9 Å². The standard InChI is InChI=1S/C21H23Cl2FN6O/c1-12(19-15(22)3-4-16(24)20(19)23)31-18-9-13(10-26-21(18)25)17-11-30(28-27-17)14-5-7-29(2)8-6-14/h3-4,9-12,14H,5-8H2,1-2H3,(H2,25,26)/t12-/m0/s1. The Morgan fingerprint density at radius 1 is 1.26 bits per heavy atom. The highest BCUT2D eigenvalue weighted by Crippen LogP contribution is 2.36. The lowest BCUT2D eigenvalue weighted by Crippen LogP contribution is -2.31. The molecule has 0 aliphatic carbocycles. The molecule has 1 fully saturated rings. The summed E-state index contributed by atoms with van der Waals surface area (Å²) in [5, 5.41) is 8.83. The van der Waals surface area contributed by atoms with E-state index in [2.05, 4.69) is 27.2 Å².